The average molecular weight is 174 g/mol. The van der Waals surface area contributed by atoms with E-state index >= 15 is 0 Å². The minimum Gasteiger partial charge on any atom is -0.103 e. The molecule has 0 radical (unpaired) electrons. The van der Waals surface area contributed by atoms with Crippen LogP contribution in [0.25, 0.3) is 0 Å². The van der Waals surface area contributed by atoms with Crippen molar-refractivity contribution in [3.05, 3.63) is 12.7 Å². The van der Waals surface area contributed by atoms with Gasteiger partial charge in [-0.2, -0.15) is 0 Å². The minimum atomic E-state index is 1.15. The van der Waals surface area contributed by atoms with Crippen molar-refractivity contribution in [1.29, 1.82) is 0 Å². The average Bonchev–Trinajstić information content (AvgIpc) is 2.14. The van der Waals surface area contributed by atoms with Crippen molar-refractivity contribution < 1.29 is 0 Å². The number of allylic oxidation sites excluding steroid dienone is 1. The summed E-state index contributed by atoms with van der Waals surface area (Å²) in [5.74, 6) is 0. The second-order valence-electron chi connectivity index (χ2n) is 1.78. The van der Waals surface area contributed by atoms with Gasteiger partial charge in [-0.1, -0.05) is 67.4 Å². The van der Waals surface area contributed by atoms with E-state index in [1.807, 2.05) is 33.8 Å². The van der Waals surface area contributed by atoms with Crippen LogP contribution < -0.4 is 0 Å². The van der Waals surface area contributed by atoms with Crippen molar-refractivity contribution in [2.45, 2.75) is 67.7 Å². The maximum absolute atomic E-state index is 3.55. The van der Waals surface area contributed by atoms with E-state index in [4.69, 9.17) is 0 Å². The molecule has 0 heteroatoms. The Morgan fingerprint density at radius 2 is 1.17 bits per heavy atom. The third-order valence-corrected chi connectivity index (χ3v) is 0.493. The summed E-state index contributed by atoms with van der Waals surface area (Å²) in [6.45, 7) is 17.9. The van der Waals surface area contributed by atoms with Crippen LogP contribution in [0.3, 0.4) is 0 Å². The van der Waals surface area contributed by atoms with Gasteiger partial charge in [0.1, 0.15) is 0 Å². The number of rotatable bonds is 2. The fraction of sp³-hybridized carbons (Fsp3) is 0.833. The zero-order valence-corrected chi connectivity index (χ0v) is 10.4. The lowest BCUT2D eigenvalue weighted by molar-refractivity contribution is 0.961. The van der Waals surface area contributed by atoms with Gasteiger partial charge in [0.2, 0.25) is 0 Å². The van der Waals surface area contributed by atoms with Gasteiger partial charge in [-0.05, 0) is 6.42 Å². The van der Waals surface area contributed by atoms with Gasteiger partial charge in [-0.25, -0.2) is 0 Å². The molecule has 0 heterocycles. The lowest BCUT2D eigenvalue weighted by Gasteiger charge is -1.72. The molecule has 0 unspecified atom stereocenters. The van der Waals surface area contributed by atoms with Gasteiger partial charge in [-0.3, -0.25) is 0 Å². The highest BCUT2D eigenvalue weighted by molar-refractivity contribution is 4.63. The Morgan fingerprint density at radius 3 is 1.17 bits per heavy atom. The zero-order valence-electron chi connectivity index (χ0n) is 10.4. The predicted octanol–water partition coefficient (Wildman–Crippen LogP) is 5.44. The van der Waals surface area contributed by atoms with E-state index in [2.05, 4.69) is 27.4 Å². The lowest BCUT2D eigenvalue weighted by Crippen LogP contribution is -1.52. The summed E-state index contributed by atoms with van der Waals surface area (Å²) in [7, 11) is 0. The molecule has 0 nitrogen and oxygen atoms in total. The van der Waals surface area contributed by atoms with E-state index in [1.165, 1.54) is 12.8 Å². The first-order valence-electron chi connectivity index (χ1n) is 5.44. The largest absolute Gasteiger partial charge is 0.103 e. The summed E-state index contributed by atoms with van der Waals surface area (Å²) in [6.07, 6.45) is 5.56. The van der Waals surface area contributed by atoms with Crippen molar-refractivity contribution in [2.24, 2.45) is 0 Å². The minimum absolute atomic E-state index is 1.15. The first-order valence-corrected chi connectivity index (χ1v) is 5.44. The van der Waals surface area contributed by atoms with Crippen LogP contribution in [0.4, 0.5) is 0 Å². The third kappa shape index (κ3) is 246. The number of hydrogen-bond donors (Lipinski definition) is 0. The summed E-state index contributed by atoms with van der Waals surface area (Å²) in [5, 5.41) is 0. The van der Waals surface area contributed by atoms with Crippen LogP contribution in [-0.4, -0.2) is 0 Å². The standard InChI is InChI=1S/C5H10.C3H8.2C2H6/c1-3-5-4-2;1-3-2;2*1-2/h3H,1,4-5H2,2H3;3H2,1-2H3;2*1-2H3. The predicted molar refractivity (Wildman–Crippen MR) is 63.8 cm³/mol. The Hall–Kier alpha value is -0.260. The van der Waals surface area contributed by atoms with Crippen LogP contribution in [0.2, 0.25) is 0 Å². The Balaban J connectivity index is -0.0000000397. The highest BCUT2D eigenvalue weighted by Crippen LogP contribution is 1.82. The summed E-state index contributed by atoms with van der Waals surface area (Å²) in [4.78, 5) is 0. The van der Waals surface area contributed by atoms with Crippen molar-refractivity contribution in [2.75, 3.05) is 0 Å². The molecule has 0 aromatic rings. The van der Waals surface area contributed by atoms with E-state index in [1.54, 1.807) is 0 Å². The highest BCUT2D eigenvalue weighted by Gasteiger charge is 1.61. The molecule has 0 aliphatic heterocycles. The van der Waals surface area contributed by atoms with Crippen LogP contribution >= 0.6 is 0 Å². The maximum Gasteiger partial charge on any atom is -0.0356 e. The molecule has 0 aromatic heterocycles. The van der Waals surface area contributed by atoms with Gasteiger partial charge < -0.3 is 0 Å². The highest BCUT2D eigenvalue weighted by atomic mass is 13.7. The Bertz CT molecular complexity index is 29.0. The third-order valence-electron chi connectivity index (χ3n) is 0.493. The number of hydrogen-bond acceptors (Lipinski definition) is 0. The molecule has 0 aliphatic carbocycles. The van der Waals surface area contributed by atoms with Crippen molar-refractivity contribution in [1.82, 2.24) is 0 Å². The van der Waals surface area contributed by atoms with Crippen molar-refractivity contribution in [3.8, 4) is 0 Å². The summed E-state index contributed by atoms with van der Waals surface area (Å²) in [5.41, 5.74) is 0. The molecule has 0 atom stereocenters. The molecular weight excluding hydrogens is 144 g/mol. The van der Waals surface area contributed by atoms with Crippen LogP contribution in [-0.2, 0) is 0 Å². The fourth-order valence-corrected chi connectivity index (χ4v) is 0.204. The van der Waals surface area contributed by atoms with Gasteiger partial charge in [-0.15, -0.1) is 6.58 Å². The smallest absolute Gasteiger partial charge is 0.0356 e. The molecular formula is C12H30. The second-order valence-corrected chi connectivity index (χ2v) is 1.78. The van der Waals surface area contributed by atoms with E-state index in [9.17, 15) is 0 Å². The Kier molecular flexibility index (Phi) is 137. The monoisotopic (exact) mass is 174 g/mol. The van der Waals surface area contributed by atoms with E-state index in [0.29, 0.717) is 0 Å². The molecule has 0 saturated heterocycles. The number of unbranched alkanes of at least 4 members (excludes halogenated alkanes) is 1. The molecule has 0 spiro atoms. The summed E-state index contributed by atoms with van der Waals surface area (Å²) >= 11 is 0. The molecule has 0 fully saturated rings. The second kappa shape index (κ2) is 72.8. The van der Waals surface area contributed by atoms with Gasteiger partial charge in [0, 0.05) is 0 Å². The molecule has 0 saturated carbocycles. The molecule has 0 N–H and O–H groups in total. The topological polar surface area (TPSA) is 0 Å². The zero-order chi connectivity index (χ0) is 10.8. The molecule has 78 valence electrons. The Labute approximate surface area is 81.1 Å². The first-order chi connectivity index (χ1) is 5.83. The molecule has 0 rings (SSSR count). The quantitative estimate of drug-likeness (QED) is 0.489. The van der Waals surface area contributed by atoms with Gasteiger partial charge >= 0.3 is 0 Å². The van der Waals surface area contributed by atoms with E-state index < -0.39 is 0 Å². The summed E-state index contributed by atoms with van der Waals surface area (Å²) < 4.78 is 0. The van der Waals surface area contributed by atoms with Crippen LogP contribution in [0.5, 0.6) is 0 Å². The van der Waals surface area contributed by atoms with E-state index in [0.717, 1.165) is 6.42 Å². The fourth-order valence-electron chi connectivity index (χ4n) is 0.204. The van der Waals surface area contributed by atoms with Crippen LogP contribution in [0, 0.1) is 0 Å². The normalized spacial score (nSPS) is 5.58. The molecule has 0 bridgehead atoms. The first kappa shape index (κ1) is 22.6. The van der Waals surface area contributed by atoms with Gasteiger partial charge in [0.15, 0.2) is 0 Å². The lowest BCUT2D eigenvalue weighted by atomic mass is 10.3. The van der Waals surface area contributed by atoms with Crippen molar-refractivity contribution >= 4 is 0 Å². The van der Waals surface area contributed by atoms with Crippen molar-refractivity contribution in [3.63, 3.8) is 0 Å². The molecule has 0 aromatic carbocycles. The van der Waals surface area contributed by atoms with Crippen LogP contribution in [0.15, 0.2) is 12.7 Å². The SMILES string of the molecule is C=CCCC.CC.CC.CCC. The molecule has 0 aliphatic rings. The molecule has 12 heavy (non-hydrogen) atoms. The maximum atomic E-state index is 3.55. The van der Waals surface area contributed by atoms with Gasteiger partial charge in [0.25, 0.3) is 0 Å². The van der Waals surface area contributed by atoms with E-state index in [-0.39, 0.29) is 0 Å². The van der Waals surface area contributed by atoms with Gasteiger partial charge in [0.05, 0.1) is 0 Å². The summed E-state index contributed by atoms with van der Waals surface area (Å²) in [6, 6.07) is 0. The Morgan fingerprint density at radius 1 is 0.917 bits per heavy atom. The molecule has 0 amide bonds. The van der Waals surface area contributed by atoms with Crippen LogP contribution in [0.1, 0.15) is 67.7 Å².